The molecule has 0 unspecified atom stereocenters. The van der Waals surface area contributed by atoms with Gasteiger partial charge in [-0.15, -0.1) is 0 Å². The lowest BCUT2D eigenvalue weighted by molar-refractivity contribution is -0.122. The number of hydrogen-bond donors (Lipinski definition) is 0. The topological polar surface area (TPSA) is 55.8 Å². The van der Waals surface area contributed by atoms with Gasteiger partial charge in [0.1, 0.15) is 6.61 Å². The van der Waals surface area contributed by atoms with Crippen LogP contribution in [-0.4, -0.2) is 29.7 Å². The van der Waals surface area contributed by atoms with Crippen LogP contribution in [0.25, 0.3) is 6.08 Å². The van der Waals surface area contributed by atoms with Crippen LogP contribution in [0.15, 0.2) is 39.7 Å². The number of carbonyl (C=O) groups is 2. The second-order valence-electron chi connectivity index (χ2n) is 6.38. The van der Waals surface area contributed by atoms with E-state index in [1.165, 1.54) is 12.0 Å². The van der Waals surface area contributed by atoms with Crippen molar-refractivity contribution in [3.63, 3.8) is 0 Å². The third-order valence-corrected chi connectivity index (χ3v) is 6.47. The monoisotopic (exact) mass is 529 g/mol. The molecule has 0 saturated carbocycles. The van der Waals surface area contributed by atoms with Gasteiger partial charge in [-0.3, -0.25) is 14.5 Å². The molecular weight excluding hydrogens is 513 g/mol. The van der Waals surface area contributed by atoms with Gasteiger partial charge >= 0.3 is 0 Å². The third-order valence-electron chi connectivity index (χ3n) is 4.29. The summed E-state index contributed by atoms with van der Waals surface area (Å²) in [5.41, 5.74) is 1.48. The fourth-order valence-corrected chi connectivity index (χ4v) is 4.54. The molecule has 1 fully saturated rings. The van der Waals surface area contributed by atoms with E-state index in [9.17, 15) is 9.59 Å². The van der Waals surface area contributed by atoms with E-state index in [4.69, 9.17) is 32.7 Å². The Morgan fingerprint density at radius 1 is 1.17 bits per heavy atom. The van der Waals surface area contributed by atoms with E-state index in [0.29, 0.717) is 49.5 Å². The molecule has 30 heavy (non-hydrogen) atoms. The highest BCUT2D eigenvalue weighted by Gasteiger charge is 2.34. The van der Waals surface area contributed by atoms with Crippen LogP contribution in [0.3, 0.4) is 0 Å². The number of imide groups is 1. The smallest absolute Gasteiger partial charge is 0.293 e. The van der Waals surface area contributed by atoms with Crippen LogP contribution < -0.4 is 9.47 Å². The fourth-order valence-electron chi connectivity index (χ4n) is 2.79. The minimum Gasteiger partial charge on any atom is -0.493 e. The predicted molar refractivity (Wildman–Crippen MR) is 124 cm³/mol. The average Bonchev–Trinajstić information content (AvgIpc) is 2.96. The second-order valence-corrected chi connectivity index (χ2v) is 9.07. The molecule has 5 nitrogen and oxygen atoms in total. The highest BCUT2D eigenvalue weighted by Crippen LogP contribution is 2.38. The number of amides is 2. The van der Waals surface area contributed by atoms with Gasteiger partial charge in [-0.2, -0.15) is 0 Å². The van der Waals surface area contributed by atoms with Gasteiger partial charge in [0, 0.05) is 26.6 Å². The molecule has 3 rings (SSSR count). The van der Waals surface area contributed by atoms with Gasteiger partial charge in [0.2, 0.25) is 0 Å². The first-order valence-corrected chi connectivity index (χ1v) is 11.4. The Labute approximate surface area is 197 Å². The molecule has 0 radical (unpaired) electrons. The van der Waals surface area contributed by atoms with Crippen molar-refractivity contribution in [2.45, 2.75) is 20.0 Å². The molecule has 2 amide bonds. The zero-order chi connectivity index (χ0) is 21.8. The van der Waals surface area contributed by atoms with Crippen LogP contribution >= 0.6 is 50.9 Å². The summed E-state index contributed by atoms with van der Waals surface area (Å²) in [4.78, 5) is 26.2. The van der Waals surface area contributed by atoms with Crippen LogP contribution in [0.2, 0.25) is 10.0 Å². The number of benzene rings is 2. The molecular formula is C21H18BrCl2NO4S. The summed E-state index contributed by atoms with van der Waals surface area (Å²) >= 11 is 16.6. The molecule has 1 saturated heterocycles. The van der Waals surface area contributed by atoms with Gasteiger partial charge in [-0.25, -0.2) is 0 Å². The first-order chi connectivity index (χ1) is 14.3. The molecule has 0 aromatic heterocycles. The Morgan fingerprint density at radius 2 is 1.93 bits per heavy atom. The minimum atomic E-state index is -0.282. The van der Waals surface area contributed by atoms with E-state index >= 15 is 0 Å². The van der Waals surface area contributed by atoms with Gasteiger partial charge < -0.3 is 9.47 Å². The largest absolute Gasteiger partial charge is 0.493 e. The van der Waals surface area contributed by atoms with E-state index in [2.05, 4.69) is 15.9 Å². The van der Waals surface area contributed by atoms with Crippen molar-refractivity contribution < 1.29 is 19.1 Å². The summed E-state index contributed by atoms with van der Waals surface area (Å²) in [7, 11) is 1.53. The lowest BCUT2D eigenvalue weighted by atomic mass is 10.1. The highest BCUT2D eigenvalue weighted by molar-refractivity contribution is 9.10. The quantitative estimate of drug-likeness (QED) is 0.369. The van der Waals surface area contributed by atoms with Crippen molar-refractivity contribution in [2.75, 3.05) is 13.7 Å². The van der Waals surface area contributed by atoms with Gasteiger partial charge in [0.25, 0.3) is 11.1 Å². The van der Waals surface area contributed by atoms with Crippen LogP contribution in [0.1, 0.15) is 24.5 Å². The molecule has 158 valence electrons. The van der Waals surface area contributed by atoms with E-state index in [1.807, 2.05) is 6.92 Å². The summed E-state index contributed by atoms with van der Waals surface area (Å²) in [5, 5.41) is 0.813. The molecule has 0 N–H and O–H groups in total. The maximum atomic E-state index is 12.5. The number of thioether (sulfide) groups is 1. The van der Waals surface area contributed by atoms with Gasteiger partial charge in [-0.05, 0) is 54.1 Å². The van der Waals surface area contributed by atoms with E-state index in [1.54, 1.807) is 36.4 Å². The highest BCUT2D eigenvalue weighted by atomic mass is 79.9. The normalized spacial score (nSPS) is 15.2. The second kappa shape index (κ2) is 10.1. The zero-order valence-electron chi connectivity index (χ0n) is 16.2. The lowest BCUT2D eigenvalue weighted by Gasteiger charge is -2.14. The lowest BCUT2D eigenvalue weighted by Crippen LogP contribution is -2.28. The Balaban J connectivity index is 1.84. The number of halogens is 3. The van der Waals surface area contributed by atoms with E-state index < -0.39 is 0 Å². The molecule has 1 aliphatic heterocycles. The van der Waals surface area contributed by atoms with Gasteiger partial charge in [-0.1, -0.05) is 52.1 Å². The first-order valence-electron chi connectivity index (χ1n) is 9.03. The van der Waals surface area contributed by atoms with Gasteiger partial charge in [0.15, 0.2) is 11.5 Å². The number of ether oxygens (including phenoxy) is 2. The van der Waals surface area contributed by atoms with Crippen molar-refractivity contribution in [2.24, 2.45) is 0 Å². The molecule has 0 aliphatic carbocycles. The summed E-state index contributed by atoms with van der Waals surface area (Å²) in [6.45, 7) is 2.56. The Morgan fingerprint density at radius 3 is 2.60 bits per heavy atom. The standard InChI is InChI=1S/C21H18BrCl2NO4S/c1-3-6-25-20(26)19(30-21(25)27)8-13-7-17(28-2)18(10-15(13)22)29-11-12-4-5-14(23)9-16(12)24/h4-5,7-10H,3,6,11H2,1-2H3/b19-8+. The Bertz CT molecular complexity index is 1030. The molecule has 1 aliphatic rings. The van der Waals surface area contributed by atoms with Crippen LogP contribution in [0, 0.1) is 0 Å². The van der Waals surface area contributed by atoms with Crippen LogP contribution in [-0.2, 0) is 11.4 Å². The van der Waals surface area contributed by atoms with Crippen molar-refractivity contribution >= 4 is 68.1 Å². The summed E-state index contributed by atoms with van der Waals surface area (Å²) in [6.07, 6.45) is 2.39. The molecule has 1 heterocycles. The van der Waals surface area contributed by atoms with Crippen LogP contribution in [0.5, 0.6) is 11.5 Å². The molecule has 9 heteroatoms. The van der Waals surface area contributed by atoms with Crippen LogP contribution in [0.4, 0.5) is 4.79 Å². The maximum absolute atomic E-state index is 12.5. The van der Waals surface area contributed by atoms with Crippen molar-refractivity contribution in [1.82, 2.24) is 4.90 Å². The number of hydrogen-bond acceptors (Lipinski definition) is 5. The third kappa shape index (κ3) is 5.14. The molecule has 2 aromatic rings. The molecule has 0 spiro atoms. The maximum Gasteiger partial charge on any atom is 0.293 e. The molecule has 0 atom stereocenters. The minimum absolute atomic E-state index is 0.230. The number of nitrogens with zero attached hydrogens (tertiary/aromatic N) is 1. The Hall–Kier alpha value is -1.67. The van der Waals surface area contributed by atoms with Gasteiger partial charge in [0.05, 0.1) is 12.0 Å². The van der Waals surface area contributed by atoms with E-state index in [0.717, 1.165) is 17.3 Å². The molecule has 2 aromatic carbocycles. The SMILES string of the molecule is CCCN1C(=O)S/C(=C/c2cc(OC)c(OCc3ccc(Cl)cc3Cl)cc2Br)C1=O. The van der Waals surface area contributed by atoms with E-state index in [-0.39, 0.29) is 17.8 Å². The summed E-state index contributed by atoms with van der Waals surface area (Å²) in [6, 6.07) is 8.70. The summed E-state index contributed by atoms with van der Waals surface area (Å²) in [5.74, 6) is 0.712. The summed E-state index contributed by atoms with van der Waals surface area (Å²) < 4.78 is 12.0. The zero-order valence-corrected chi connectivity index (χ0v) is 20.1. The Kier molecular flexibility index (Phi) is 7.74. The average molecular weight is 531 g/mol. The number of carbonyl (C=O) groups excluding carboxylic acids is 2. The number of methoxy groups -OCH3 is 1. The fraction of sp³-hybridized carbons (Fsp3) is 0.238. The first kappa shape index (κ1) is 23.0. The van der Waals surface area contributed by atoms with Crippen molar-refractivity contribution in [3.8, 4) is 11.5 Å². The predicted octanol–water partition coefficient (Wildman–Crippen LogP) is 6.79. The van der Waals surface area contributed by atoms with Crippen molar-refractivity contribution in [1.29, 1.82) is 0 Å². The molecule has 0 bridgehead atoms. The van der Waals surface area contributed by atoms with Crippen molar-refractivity contribution in [3.05, 3.63) is 60.9 Å². The number of rotatable bonds is 7.